The first-order valence-electron chi connectivity index (χ1n) is 6.51. The number of nitro benzene ring substituents is 1. The van der Waals surface area contributed by atoms with Gasteiger partial charge in [-0.1, -0.05) is 6.07 Å². The molecule has 4 nitrogen and oxygen atoms in total. The Morgan fingerprint density at radius 3 is 2.30 bits per heavy atom. The molecule has 0 radical (unpaired) electrons. The molecule has 0 bridgehead atoms. The molecule has 0 aliphatic rings. The van der Waals surface area contributed by atoms with Crippen molar-refractivity contribution in [1.82, 2.24) is 4.98 Å². The van der Waals surface area contributed by atoms with Gasteiger partial charge < -0.3 is 0 Å². The molecule has 4 heteroatoms. The zero-order valence-corrected chi connectivity index (χ0v) is 12.4. The number of hydrogen-bond donors (Lipinski definition) is 0. The third-order valence-corrected chi connectivity index (χ3v) is 3.69. The zero-order valence-electron chi connectivity index (χ0n) is 12.4. The van der Waals surface area contributed by atoms with Crippen molar-refractivity contribution in [1.29, 1.82) is 0 Å². The Morgan fingerprint density at radius 1 is 1.05 bits per heavy atom. The maximum absolute atomic E-state index is 11.5. The van der Waals surface area contributed by atoms with Gasteiger partial charge in [0.05, 0.1) is 10.5 Å². The summed E-state index contributed by atoms with van der Waals surface area (Å²) in [5.74, 6) is 0. The summed E-state index contributed by atoms with van der Waals surface area (Å²) in [6, 6.07) is 3.96. The Bertz CT molecular complexity index is 706. The minimum absolute atomic E-state index is 0.193. The number of nitro groups is 1. The van der Waals surface area contributed by atoms with E-state index in [0.717, 1.165) is 33.5 Å². The van der Waals surface area contributed by atoms with Gasteiger partial charge >= 0.3 is 0 Å². The van der Waals surface area contributed by atoms with Gasteiger partial charge in [0.25, 0.3) is 5.69 Å². The van der Waals surface area contributed by atoms with E-state index in [-0.39, 0.29) is 10.6 Å². The fourth-order valence-electron chi connectivity index (χ4n) is 2.53. The number of rotatable bonds is 2. The number of aromatic nitrogens is 1. The standard InChI is InChI=1S/C16H18N2O2/c1-9-6-14(13(5)17-8-9)15-11(3)7-10(2)12(4)16(15)18(19)20/h6-8H,1-5H3. The number of hydrogen-bond acceptors (Lipinski definition) is 3. The van der Waals surface area contributed by atoms with E-state index in [0.29, 0.717) is 5.56 Å². The minimum atomic E-state index is -0.285. The molecule has 0 saturated carbocycles. The fourth-order valence-corrected chi connectivity index (χ4v) is 2.53. The zero-order chi connectivity index (χ0) is 15.0. The molecule has 0 unspecified atom stereocenters. The summed E-state index contributed by atoms with van der Waals surface area (Å²) in [4.78, 5) is 15.5. The van der Waals surface area contributed by atoms with Crippen LogP contribution in [0.4, 0.5) is 5.69 Å². The van der Waals surface area contributed by atoms with Crippen molar-refractivity contribution in [3.63, 3.8) is 0 Å². The van der Waals surface area contributed by atoms with Crippen LogP contribution in [0.1, 0.15) is 27.9 Å². The van der Waals surface area contributed by atoms with Gasteiger partial charge in [-0.25, -0.2) is 0 Å². The number of pyridine rings is 1. The van der Waals surface area contributed by atoms with E-state index < -0.39 is 0 Å². The summed E-state index contributed by atoms with van der Waals surface area (Å²) in [6.07, 6.45) is 1.78. The van der Waals surface area contributed by atoms with Gasteiger partial charge in [0.1, 0.15) is 0 Å². The van der Waals surface area contributed by atoms with Crippen LogP contribution in [0.25, 0.3) is 11.1 Å². The summed E-state index contributed by atoms with van der Waals surface area (Å²) in [5, 5.41) is 11.5. The van der Waals surface area contributed by atoms with E-state index in [1.165, 1.54) is 0 Å². The highest BCUT2D eigenvalue weighted by molar-refractivity contribution is 5.81. The van der Waals surface area contributed by atoms with Crippen molar-refractivity contribution in [2.24, 2.45) is 0 Å². The van der Waals surface area contributed by atoms with Crippen molar-refractivity contribution in [2.75, 3.05) is 0 Å². The topological polar surface area (TPSA) is 56.0 Å². The molecule has 1 aromatic heterocycles. The molecular formula is C16H18N2O2. The van der Waals surface area contributed by atoms with Gasteiger partial charge in [-0.3, -0.25) is 15.1 Å². The lowest BCUT2D eigenvalue weighted by Crippen LogP contribution is -2.01. The third kappa shape index (κ3) is 2.29. The molecule has 104 valence electrons. The van der Waals surface area contributed by atoms with E-state index in [1.54, 1.807) is 13.1 Å². The molecular weight excluding hydrogens is 252 g/mol. The maximum Gasteiger partial charge on any atom is 0.280 e. The average molecular weight is 270 g/mol. The molecule has 0 N–H and O–H groups in total. The van der Waals surface area contributed by atoms with Gasteiger partial charge in [0, 0.05) is 23.0 Å². The Hall–Kier alpha value is -2.23. The average Bonchev–Trinajstić information content (AvgIpc) is 2.36. The quantitative estimate of drug-likeness (QED) is 0.607. The fraction of sp³-hybridized carbons (Fsp3) is 0.312. The van der Waals surface area contributed by atoms with Crippen LogP contribution in [0.15, 0.2) is 18.3 Å². The predicted molar refractivity (Wildman–Crippen MR) is 80.0 cm³/mol. The van der Waals surface area contributed by atoms with Crippen LogP contribution in [-0.4, -0.2) is 9.91 Å². The highest BCUT2D eigenvalue weighted by Crippen LogP contribution is 2.38. The van der Waals surface area contributed by atoms with Crippen molar-refractivity contribution >= 4 is 5.69 Å². The Kier molecular flexibility index (Phi) is 3.57. The molecule has 0 aliphatic carbocycles. The van der Waals surface area contributed by atoms with Gasteiger partial charge in [-0.2, -0.15) is 0 Å². The monoisotopic (exact) mass is 270 g/mol. The van der Waals surface area contributed by atoms with Crippen LogP contribution in [0.2, 0.25) is 0 Å². The van der Waals surface area contributed by atoms with E-state index in [1.807, 2.05) is 39.8 Å². The van der Waals surface area contributed by atoms with Crippen molar-refractivity contribution < 1.29 is 4.92 Å². The highest BCUT2D eigenvalue weighted by Gasteiger charge is 2.24. The second-order valence-electron chi connectivity index (χ2n) is 5.26. The normalized spacial score (nSPS) is 10.7. The molecule has 2 rings (SSSR count). The molecule has 0 amide bonds. The molecule has 1 aromatic carbocycles. The first kappa shape index (κ1) is 14.2. The predicted octanol–water partition coefficient (Wildman–Crippen LogP) is 4.20. The van der Waals surface area contributed by atoms with Gasteiger partial charge in [-0.15, -0.1) is 0 Å². The largest absolute Gasteiger partial charge is 0.280 e. The Morgan fingerprint density at radius 2 is 1.70 bits per heavy atom. The number of benzene rings is 1. The Balaban J connectivity index is 2.90. The summed E-state index contributed by atoms with van der Waals surface area (Å²) in [5.41, 5.74) is 6.10. The van der Waals surface area contributed by atoms with Crippen molar-refractivity contribution in [3.05, 3.63) is 56.4 Å². The number of aryl methyl sites for hydroxylation is 4. The van der Waals surface area contributed by atoms with Gasteiger partial charge in [0.15, 0.2) is 0 Å². The molecule has 20 heavy (non-hydrogen) atoms. The number of nitrogens with zero attached hydrogens (tertiary/aromatic N) is 2. The van der Waals surface area contributed by atoms with Crippen molar-refractivity contribution in [3.8, 4) is 11.1 Å². The summed E-state index contributed by atoms with van der Waals surface area (Å²) in [7, 11) is 0. The molecule has 1 heterocycles. The van der Waals surface area contributed by atoms with E-state index >= 15 is 0 Å². The first-order valence-corrected chi connectivity index (χ1v) is 6.51. The lowest BCUT2D eigenvalue weighted by molar-refractivity contribution is -0.384. The lowest BCUT2D eigenvalue weighted by atomic mass is 9.92. The lowest BCUT2D eigenvalue weighted by Gasteiger charge is -2.13. The van der Waals surface area contributed by atoms with Gasteiger partial charge in [0.2, 0.25) is 0 Å². The van der Waals surface area contributed by atoms with Crippen LogP contribution in [0.3, 0.4) is 0 Å². The highest BCUT2D eigenvalue weighted by atomic mass is 16.6. The van der Waals surface area contributed by atoms with Crippen molar-refractivity contribution in [2.45, 2.75) is 34.6 Å². The summed E-state index contributed by atoms with van der Waals surface area (Å²) < 4.78 is 0. The van der Waals surface area contributed by atoms with Crippen LogP contribution >= 0.6 is 0 Å². The smallest absolute Gasteiger partial charge is 0.261 e. The minimum Gasteiger partial charge on any atom is -0.261 e. The molecule has 0 fully saturated rings. The molecule has 0 saturated heterocycles. The summed E-state index contributed by atoms with van der Waals surface area (Å²) >= 11 is 0. The van der Waals surface area contributed by atoms with Crippen LogP contribution in [0.5, 0.6) is 0 Å². The first-order chi connectivity index (χ1) is 9.32. The van der Waals surface area contributed by atoms with Crippen LogP contribution in [-0.2, 0) is 0 Å². The summed E-state index contributed by atoms with van der Waals surface area (Å²) in [6.45, 7) is 9.44. The second kappa shape index (κ2) is 5.04. The SMILES string of the molecule is Cc1cnc(C)c(-c2c(C)cc(C)c(C)c2[N+](=O)[O-])c1. The van der Waals surface area contributed by atoms with Gasteiger partial charge in [-0.05, 0) is 57.4 Å². The van der Waals surface area contributed by atoms with Crippen LogP contribution in [0, 0.1) is 44.7 Å². The molecule has 0 atom stereocenters. The third-order valence-electron chi connectivity index (χ3n) is 3.69. The van der Waals surface area contributed by atoms with Crippen LogP contribution < -0.4 is 0 Å². The second-order valence-corrected chi connectivity index (χ2v) is 5.26. The Labute approximate surface area is 118 Å². The molecule has 0 spiro atoms. The molecule has 2 aromatic rings. The van der Waals surface area contributed by atoms with E-state index in [4.69, 9.17) is 0 Å². The van der Waals surface area contributed by atoms with E-state index in [2.05, 4.69) is 4.98 Å². The van der Waals surface area contributed by atoms with E-state index in [9.17, 15) is 10.1 Å². The maximum atomic E-state index is 11.5. The molecule has 0 aliphatic heterocycles.